The smallest absolute Gasteiger partial charge is 0.416 e. The summed E-state index contributed by atoms with van der Waals surface area (Å²) in [4.78, 5) is 18.0. The van der Waals surface area contributed by atoms with Crippen LogP contribution in [0.2, 0.25) is 0 Å². The first-order valence-corrected chi connectivity index (χ1v) is 11.1. The maximum Gasteiger partial charge on any atom is 0.416 e. The van der Waals surface area contributed by atoms with E-state index in [4.69, 9.17) is 4.42 Å². The monoisotopic (exact) mass is 418 g/mol. The number of fused-ring (bicyclic) bond motifs is 5. The Bertz CT molecular complexity index is 1060. The Kier molecular flexibility index (Phi) is 4.05. The van der Waals surface area contributed by atoms with E-state index >= 15 is 0 Å². The molecule has 0 bridgehead atoms. The van der Waals surface area contributed by atoms with E-state index in [0.29, 0.717) is 41.8 Å². The molecule has 160 valence electrons. The van der Waals surface area contributed by atoms with E-state index < -0.39 is 11.7 Å². The first-order valence-electron chi connectivity index (χ1n) is 11.1. The maximum absolute atomic E-state index is 13.2. The van der Waals surface area contributed by atoms with Crippen LogP contribution < -0.4 is 10.3 Å². The molecule has 4 nitrogen and oxygen atoms in total. The highest BCUT2D eigenvalue weighted by Gasteiger charge is 2.50. The van der Waals surface area contributed by atoms with Gasteiger partial charge in [0.2, 0.25) is 5.88 Å². The molecule has 4 atom stereocenters. The number of anilines is 1. The van der Waals surface area contributed by atoms with Gasteiger partial charge in [0, 0.05) is 18.6 Å². The predicted molar refractivity (Wildman–Crippen MR) is 108 cm³/mol. The highest BCUT2D eigenvalue weighted by atomic mass is 19.4. The minimum absolute atomic E-state index is 0.0465. The molecule has 5 heterocycles. The first kappa shape index (κ1) is 18.7. The number of rotatable bonds is 0. The maximum atomic E-state index is 13.2. The molecule has 0 N–H and O–H groups in total. The summed E-state index contributed by atoms with van der Waals surface area (Å²) in [6, 6.07) is 4.14. The molecule has 0 amide bonds. The molecule has 1 aromatic carbocycles. The van der Waals surface area contributed by atoms with E-state index in [-0.39, 0.29) is 16.4 Å². The minimum Gasteiger partial charge on any atom is -0.440 e. The van der Waals surface area contributed by atoms with Gasteiger partial charge in [-0.2, -0.15) is 13.2 Å². The van der Waals surface area contributed by atoms with Crippen LogP contribution in [0.1, 0.15) is 43.2 Å². The van der Waals surface area contributed by atoms with Crippen LogP contribution in [-0.2, 0) is 12.6 Å². The summed E-state index contributed by atoms with van der Waals surface area (Å²) in [6.07, 6.45) is 1.85. The summed E-state index contributed by atoms with van der Waals surface area (Å²) in [5.41, 5.74) is -0.264. The number of benzene rings is 1. The van der Waals surface area contributed by atoms with Crippen LogP contribution in [-0.4, -0.2) is 36.6 Å². The van der Waals surface area contributed by atoms with E-state index in [0.717, 1.165) is 25.1 Å². The second-order valence-electron chi connectivity index (χ2n) is 9.42. The van der Waals surface area contributed by atoms with Crippen molar-refractivity contribution in [2.45, 2.75) is 56.8 Å². The van der Waals surface area contributed by atoms with Gasteiger partial charge >= 0.3 is 6.18 Å². The topological polar surface area (TPSA) is 36.7 Å². The van der Waals surface area contributed by atoms with E-state index in [1.165, 1.54) is 44.8 Å². The number of piperidine rings is 3. The SMILES string of the molecule is O=c1c2c(oc3cc(C(F)(F)F)ccc13)N1C[C@@H]3CCCN4CCC[C@@H]([C@H]34)[C@H]1CC2. The van der Waals surface area contributed by atoms with Gasteiger partial charge in [0.05, 0.1) is 16.5 Å². The largest absolute Gasteiger partial charge is 0.440 e. The lowest BCUT2D eigenvalue weighted by Gasteiger charge is -2.58. The van der Waals surface area contributed by atoms with Crippen molar-refractivity contribution in [2.24, 2.45) is 11.8 Å². The summed E-state index contributed by atoms with van der Waals surface area (Å²) in [6.45, 7) is 3.20. The summed E-state index contributed by atoms with van der Waals surface area (Å²) in [7, 11) is 0. The van der Waals surface area contributed by atoms with Gasteiger partial charge in [0.25, 0.3) is 0 Å². The standard InChI is InChI=1S/C23H25F3N2O2/c24-23(25,26)14-5-6-16-19(11-14)30-22-17(21(16)29)7-8-18-15-4-2-10-27-9-1-3-13(20(15)27)12-28(18)22/h5-6,11,13,15,18,20H,1-4,7-10,12H2/t13-,15+,18+,20-/m0/s1. The lowest BCUT2D eigenvalue weighted by Crippen LogP contribution is -2.65. The van der Waals surface area contributed by atoms with Crippen LogP contribution in [0.25, 0.3) is 11.0 Å². The van der Waals surface area contributed by atoms with Gasteiger partial charge < -0.3 is 9.32 Å². The average Bonchev–Trinajstić information content (AvgIpc) is 2.73. The fourth-order valence-corrected chi connectivity index (χ4v) is 6.74. The third-order valence-corrected chi connectivity index (χ3v) is 7.92. The molecule has 1 aromatic heterocycles. The van der Waals surface area contributed by atoms with Crippen molar-refractivity contribution >= 4 is 16.9 Å². The molecule has 30 heavy (non-hydrogen) atoms. The van der Waals surface area contributed by atoms with Crippen molar-refractivity contribution in [3.63, 3.8) is 0 Å². The van der Waals surface area contributed by atoms with E-state index in [2.05, 4.69) is 9.80 Å². The first-order chi connectivity index (χ1) is 14.4. The number of halogens is 3. The molecule has 3 saturated heterocycles. The summed E-state index contributed by atoms with van der Waals surface area (Å²) in [5.74, 6) is 1.62. The molecule has 0 unspecified atom stereocenters. The number of hydrogen-bond acceptors (Lipinski definition) is 4. The summed E-state index contributed by atoms with van der Waals surface area (Å²) >= 11 is 0. The van der Waals surface area contributed by atoms with Crippen LogP contribution >= 0.6 is 0 Å². The van der Waals surface area contributed by atoms with Gasteiger partial charge in [0.1, 0.15) is 5.58 Å². The van der Waals surface area contributed by atoms with Gasteiger partial charge in [-0.25, -0.2) is 0 Å². The summed E-state index contributed by atoms with van der Waals surface area (Å²) in [5, 5.41) is 0.247. The highest BCUT2D eigenvalue weighted by Crippen LogP contribution is 2.47. The Morgan fingerprint density at radius 3 is 2.67 bits per heavy atom. The molecular formula is C23H25F3N2O2. The Morgan fingerprint density at radius 1 is 1.07 bits per heavy atom. The Morgan fingerprint density at radius 2 is 1.87 bits per heavy atom. The second kappa shape index (κ2) is 6.49. The molecule has 0 aliphatic carbocycles. The fraction of sp³-hybridized carbons (Fsp3) is 0.609. The summed E-state index contributed by atoms with van der Waals surface area (Å²) < 4.78 is 45.7. The van der Waals surface area contributed by atoms with Gasteiger partial charge in [-0.1, -0.05) is 0 Å². The second-order valence-corrected chi connectivity index (χ2v) is 9.42. The fourth-order valence-electron chi connectivity index (χ4n) is 6.74. The van der Waals surface area contributed by atoms with Crippen LogP contribution in [0.15, 0.2) is 27.4 Å². The van der Waals surface area contributed by atoms with Crippen molar-refractivity contribution in [1.29, 1.82) is 0 Å². The zero-order chi connectivity index (χ0) is 20.6. The van der Waals surface area contributed by atoms with E-state index in [1.54, 1.807) is 0 Å². The van der Waals surface area contributed by atoms with Crippen molar-refractivity contribution in [3.05, 3.63) is 39.5 Å². The molecule has 6 rings (SSSR count). The van der Waals surface area contributed by atoms with E-state index in [1.807, 2.05) is 0 Å². The Hall–Kier alpha value is -2.02. The highest BCUT2D eigenvalue weighted by molar-refractivity contribution is 5.80. The van der Waals surface area contributed by atoms with Crippen molar-refractivity contribution in [2.75, 3.05) is 24.5 Å². The molecule has 3 fully saturated rings. The molecule has 2 aromatic rings. The van der Waals surface area contributed by atoms with Crippen LogP contribution in [0.4, 0.5) is 19.1 Å². The molecule has 0 spiro atoms. The van der Waals surface area contributed by atoms with Crippen molar-refractivity contribution in [3.8, 4) is 0 Å². The quantitative estimate of drug-likeness (QED) is 0.634. The van der Waals surface area contributed by atoms with Crippen LogP contribution in [0, 0.1) is 11.8 Å². The van der Waals surface area contributed by atoms with E-state index in [9.17, 15) is 18.0 Å². The lowest BCUT2D eigenvalue weighted by atomic mass is 9.68. The zero-order valence-corrected chi connectivity index (χ0v) is 16.8. The molecule has 7 heteroatoms. The molecule has 0 radical (unpaired) electrons. The average molecular weight is 418 g/mol. The van der Waals surface area contributed by atoms with Crippen molar-refractivity contribution < 1.29 is 17.6 Å². The lowest BCUT2D eigenvalue weighted by molar-refractivity contribution is -0.137. The van der Waals surface area contributed by atoms with Gasteiger partial charge in [-0.05, 0) is 81.6 Å². The van der Waals surface area contributed by atoms with Crippen molar-refractivity contribution in [1.82, 2.24) is 4.90 Å². The number of nitrogens with zero attached hydrogens (tertiary/aromatic N) is 2. The third-order valence-electron chi connectivity index (χ3n) is 7.92. The minimum atomic E-state index is -4.46. The van der Waals surface area contributed by atoms with Crippen LogP contribution in [0.5, 0.6) is 0 Å². The third kappa shape index (κ3) is 2.67. The van der Waals surface area contributed by atoms with Gasteiger partial charge in [0.15, 0.2) is 5.43 Å². The molecule has 4 aliphatic rings. The number of hydrogen-bond donors (Lipinski definition) is 0. The molecule has 0 saturated carbocycles. The molecule has 4 aliphatic heterocycles. The van der Waals surface area contributed by atoms with Crippen LogP contribution in [0.3, 0.4) is 0 Å². The normalized spacial score (nSPS) is 31.2. The Labute approximate surface area is 172 Å². The zero-order valence-electron chi connectivity index (χ0n) is 16.8. The predicted octanol–water partition coefficient (Wildman–Crippen LogP) is 4.44. The molecular weight excluding hydrogens is 393 g/mol. The number of alkyl halides is 3. The Balaban J connectivity index is 1.47. The van der Waals surface area contributed by atoms with Gasteiger partial charge in [-0.3, -0.25) is 9.69 Å². The van der Waals surface area contributed by atoms with Gasteiger partial charge in [-0.15, -0.1) is 0 Å².